The van der Waals surface area contributed by atoms with Crippen LogP contribution in [0.25, 0.3) is 0 Å². The summed E-state index contributed by atoms with van der Waals surface area (Å²) in [6.07, 6.45) is 7.33. The maximum atomic E-state index is 11.8. The highest BCUT2D eigenvalue weighted by Gasteiger charge is 2.43. The van der Waals surface area contributed by atoms with Gasteiger partial charge in [0.1, 0.15) is 18.5 Å². The highest BCUT2D eigenvalue weighted by molar-refractivity contribution is 5.69. The number of hydrogen-bond acceptors (Lipinski definition) is 6. The zero-order valence-electron chi connectivity index (χ0n) is 20.2. The summed E-state index contributed by atoms with van der Waals surface area (Å²) in [7, 11) is 0. The molecule has 0 spiro atoms. The summed E-state index contributed by atoms with van der Waals surface area (Å²) < 4.78 is 17.1. The van der Waals surface area contributed by atoms with Crippen molar-refractivity contribution in [1.29, 1.82) is 0 Å². The highest BCUT2D eigenvalue weighted by atomic mass is 16.5. The molecule has 6 atom stereocenters. The molecule has 184 valence electrons. The Kier molecular flexibility index (Phi) is 9.78. The number of aryl methyl sites for hydroxylation is 1. The maximum absolute atomic E-state index is 11.8. The first-order chi connectivity index (χ1) is 15.8. The Balaban J connectivity index is 1.44. The molecule has 3 rings (SSSR count). The summed E-state index contributed by atoms with van der Waals surface area (Å²) in [4.78, 5) is 11.8. The second-order valence-corrected chi connectivity index (χ2v) is 9.87. The van der Waals surface area contributed by atoms with Gasteiger partial charge in [-0.05, 0) is 70.4 Å². The van der Waals surface area contributed by atoms with Crippen LogP contribution in [0.5, 0.6) is 5.75 Å². The van der Waals surface area contributed by atoms with Crippen molar-refractivity contribution in [3.8, 4) is 5.75 Å². The van der Waals surface area contributed by atoms with E-state index in [0.29, 0.717) is 25.4 Å². The zero-order chi connectivity index (χ0) is 23.8. The molecular weight excluding hydrogens is 420 g/mol. The minimum Gasteiger partial charge on any atom is -0.491 e. The first-order valence-electron chi connectivity index (χ1n) is 12.4. The van der Waals surface area contributed by atoms with Gasteiger partial charge >= 0.3 is 5.97 Å². The van der Waals surface area contributed by atoms with Crippen LogP contribution in [-0.4, -0.2) is 53.8 Å². The van der Waals surface area contributed by atoms with Crippen LogP contribution in [0.2, 0.25) is 0 Å². The van der Waals surface area contributed by atoms with Crippen LogP contribution >= 0.6 is 0 Å². The maximum Gasteiger partial charge on any atom is 0.306 e. The van der Waals surface area contributed by atoms with Crippen LogP contribution in [-0.2, 0) is 14.3 Å². The lowest BCUT2D eigenvalue weighted by Gasteiger charge is -2.21. The molecule has 1 aliphatic heterocycles. The quantitative estimate of drug-likeness (QED) is 0.402. The van der Waals surface area contributed by atoms with Gasteiger partial charge in [0, 0.05) is 25.4 Å². The van der Waals surface area contributed by atoms with Crippen LogP contribution in [0.3, 0.4) is 0 Å². The molecule has 6 heteroatoms. The van der Waals surface area contributed by atoms with E-state index in [4.69, 9.17) is 14.2 Å². The Bertz CT molecular complexity index is 758. The van der Waals surface area contributed by atoms with Crippen molar-refractivity contribution in [3.05, 3.63) is 42.0 Å². The fraction of sp³-hybridized carbons (Fsp3) is 0.667. The van der Waals surface area contributed by atoms with Gasteiger partial charge in [-0.25, -0.2) is 0 Å². The van der Waals surface area contributed by atoms with Gasteiger partial charge in [0.05, 0.1) is 18.3 Å². The van der Waals surface area contributed by atoms with Crippen molar-refractivity contribution in [2.45, 2.75) is 83.7 Å². The molecule has 1 heterocycles. The summed E-state index contributed by atoms with van der Waals surface area (Å²) in [5.74, 6) is 1.25. The molecule has 1 aromatic carbocycles. The summed E-state index contributed by atoms with van der Waals surface area (Å²) in [6, 6.07) is 7.74. The number of ether oxygens (including phenoxy) is 3. The Labute approximate surface area is 197 Å². The van der Waals surface area contributed by atoms with Gasteiger partial charge in [0.25, 0.3) is 0 Å². The van der Waals surface area contributed by atoms with E-state index in [0.717, 1.165) is 37.0 Å². The number of fused-ring (bicyclic) bond motifs is 1. The minimum absolute atomic E-state index is 0.0243. The number of hydrogen-bond donors (Lipinski definition) is 2. The van der Waals surface area contributed by atoms with E-state index in [-0.39, 0.29) is 36.6 Å². The molecule has 6 nitrogen and oxygen atoms in total. The van der Waals surface area contributed by atoms with E-state index < -0.39 is 12.2 Å². The summed E-state index contributed by atoms with van der Waals surface area (Å²) in [5.41, 5.74) is 1.16. The number of aliphatic hydroxyl groups excluding tert-OH is 2. The predicted molar refractivity (Wildman–Crippen MR) is 127 cm³/mol. The van der Waals surface area contributed by atoms with Gasteiger partial charge in [-0.3, -0.25) is 4.79 Å². The van der Waals surface area contributed by atoms with E-state index in [1.807, 2.05) is 51.1 Å². The molecule has 33 heavy (non-hydrogen) atoms. The summed E-state index contributed by atoms with van der Waals surface area (Å²) >= 11 is 0. The average Bonchev–Trinajstić information content (AvgIpc) is 2.93. The normalized spacial score (nSPS) is 28.5. The average molecular weight is 461 g/mol. The Morgan fingerprint density at radius 1 is 1.24 bits per heavy atom. The Morgan fingerprint density at radius 3 is 2.73 bits per heavy atom. The monoisotopic (exact) mass is 460 g/mol. The van der Waals surface area contributed by atoms with Crippen LogP contribution in [0.15, 0.2) is 36.4 Å². The molecule has 0 aromatic heterocycles. The molecular formula is C27H40O6. The van der Waals surface area contributed by atoms with E-state index >= 15 is 0 Å². The molecule has 0 radical (unpaired) electrons. The van der Waals surface area contributed by atoms with Crippen LogP contribution < -0.4 is 4.74 Å². The molecule has 1 saturated carbocycles. The molecule has 1 aromatic rings. The summed E-state index contributed by atoms with van der Waals surface area (Å²) in [5, 5.41) is 20.9. The molecule has 1 aliphatic carbocycles. The van der Waals surface area contributed by atoms with Crippen molar-refractivity contribution >= 4 is 5.97 Å². The predicted octanol–water partition coefficient (Wildman–Crippen LogP) is 4.21. The third kappa shape index (κ3) is 8.13. The van der Waals surface area contributed by atoms with E-state index in [1.54, 1.807) is 6.08 Å². The fourth-order valence-electron chi connectivity index (χ4n) is 4.93. The number of rotatable bonds is 10. The third-order valence-corrected chi connectivity index (χ3v) is 6.70. The van der Waals surface area contributed by atoms with Gasteiger partial charge in [0.2, 0.25) is 0 Å². The van der Waals surface area contributed by atoms with Crippen molar-refractivity contribution in [2.24, 2.45) is 17.8 Å². The van der Waals surface area contributed by atoms with Crippen molar-refractivity contribution in [1.82, 2.24) is 0 Å². The fourth-order valence-corrected chi connectivity index (χ4v) is 4.93. The largest absolute Gasteiger partial charge is 0.491 e. The molecule has 0 amide bonds. The van der Waals surface area contributed by atoms with Crippen LogP contribution in [0.1, 0.15) is 57.9 Å². The summed E-state index contributed by atoms with van der Waals surface area (Å²) in [6.45, 7) is 6.60. The SMILES string of the molecule is Cc1ccc(OC[C@H](O)C=C[C@@H]2[C@H]3CC[C@H](CCCC(=O)OC(C)C)CO[C@H]3C[C@H]2O)cc1. The van der Waals surface area contributed by atoms with Gasteiger partial charge < -0.3 is 24.4 Å². The smallest absolute Gasteiger partial charge is 0.306 e. The Morgan fingerprint density at radius 2 is 2.00 bits per heavy atom. The second kappa shape index (κ2) is 12.5. The third-order valence-electron chi connectivity index (χ3n) is 6.70. The second-order valence-electron chi connectivity index (χ2n) is 9.87. The Hall–Kier alpha value is -1.89. The van der Waals surface area contributed by atoms with Gasteiger partial charge in [-0.1, -0.05) is 29.8 Å². The lowest BCUT2D eigenvalue weighted by molar-refractivity contribution is -0.147. The van der Waals surface area contributed by atoms with Crippen LogP contribution in [0, 0.1) is 24.7 Å². The lowest BCUT2D eigenvalue weighted by atomic mass is 9.86. The standard InChI is InChI=1S/C27H40O6/c1-18(2)33-27(30)6-4-5-20-9-13-24-23(25(29)15-26(24)32-16-20)14-10-21(28)17-31-22-11-7-19(3)8-12-22/h7-8,10-12,14,18,20-21,23-26,28-29H,4-6,9,13,15-17H2,1-3H3/t20-,21+,23+,24+,25+,26-/m0/s1. The van der Waals surface area contributed by atoms with E-state index in [2.05, 4.69) is 0 Å². The number of aliphatic hydroxyl groups is 2. The number of carbonyl (C=O) groups is 1. The molecule has 0 bridgehead atoms. The van der Waals surface area contributed by atoms with Gasteiger partial charge in [-0.2, -0.15) is 0 Å². The highest BCUT2D eigenvalue weighted by Crippen LogP contribution is 2.42. The van der Waals surface area contributed by atoms with Gasteiger partial charge in [0.15, 0.2) is 0 Å². The lowest BCUT2D eigenvalue weighted by Crippen LogP contribution is -2.22. The molecule has 1 saturated heterocycles. The van der Waals surface area contributed by atoms with E-state index in [1.165, 1.54) is 0 Å². The van der Waals surface area contributed by atoms with Crippen molar-refractivity contribution in [3.63, 3.8) is 0 Å². The first-order valence-corrected chi connectivity index (χ1v) is 12.4. The van der Waals surface area contributed by atoms with Gasteiger partial charge in [-0.15, -0.1) is 0 Å². The van der Waals surface area contributed by atoms with E-state index in [9.17, 15) is 15.0 Å². The topological polar surface area (TPSA) is 85.2 Å². The van der Waals surface area contributed by atoms with Crippen molar-refractivity contribution in [2.75, 3.05) is 13.2 Å². The minimum atomic E-state index is -0.734. The molecule has 2 fully saturated rings. The number of carbonyl (C=O) groups excluding carboxylic acids is 1. The molecule has 0 unspecified atom stereocenters. The van der Waals surface area contributed by atoms with Crippen molar-refractivity contribution < 1.29 is 29.2 Å². The molecule has 2 aliphatic rings. The number of esters is 1. The first kappa shape index (κ1) is 25.7. The zero-order valence-corrected chi connectivity index (χ0v) is 20.2. The number of benzene rings is 1. The molecule has 2 N–H and O–H groups in total. The van der Waals surface area contributed by atoms with Crippen LogP contribution in [0.4, 0.5) is 0 Å².